The molecule has 0 saturated heterocycles. The Kier molecular flexibility index (Phi) is 7.43. The first-order chi connectivity index (χ1) is 9.97. The molecule has 0 unspecified atom stereocenters. The first kappa shape index (κ1) is 17.7. The summed E-state index contributed by atoms with van der Waals surface area (Å²) in [6.07, 6.45) is 1.10. The topological polar surface area (TPSA) is 40.6 Å². The number of likely N-dealkylation sites (N-methyl/N-ethyl adjacent to an activating group) is 2. The summed E-state index contributed by atoms with van der Waals surface area (Å²) in [6, 6.07) is 7.92. The number of carbonyl (C=O) groups excluding carboxylic acids is 2. The molecule has 21 heavy (non-hydrogen) atoms. The molecule has 0 aliphatic carbocycles. The summed E-state index contributed by atoms with van der Waals surface area (Å²) < 4.78 is 1.01. The van der Waals surface area contributed by atoms with Crippen molar-refractivity contribution in [1.82, 2.24) is 9.80 Å². The van der Waals surface area contributed by atoms with Crippen molar-refractivity contribution in [2.24, 2.45) is 0 Å². The van der Waals surface area contributed by atoms with E-state index in [0.29, 0.717) is 25.9 Å². The van der Waals surface area contributed by atoms with Crippen molar-refractivity contribution in [3.8, 4) is 0 Å². The van der Waals surface area contributed by atoms with Gasteiger partial charge in [0.25, 0.3) is 0 Å². The molecule has 0 fully saturated rings. The Morgan fingerprint density at radius 3 is 2.38 bits per heavy atom. The summed E-state index contributed by atoms with van der Waals surface area (Å²) >= 11 is 3.42. The highest BCUT2D eigenvalue weighted by atomic mass is 79.9. The fourth-order valence-electron chi connectivity index (χ4n) is 2.10. The Bertz CT molecular complexity index is 487. The average Bonchev–Trinajstić information content (AvgIpc) is 2.46. The van der Waals surface area contributed by atoms with Crippen LogP contribution >= 0.6 is 15.9 Å². The minimum Gasteiger partial charge on any atom is -0.342 e. The largest absolute Gasteiger partial charge is 0.342 e. The molecule has 2 amide bonds. The summed E-state index contributed by atoms with van der Waals surface area (Å²) in [5, 5.41) is 0. The Hall–Kier alpha value is -1.36. The van der Waals surface area contributed by atoms with Gasteiger partial charge in [-0.2, -0.15) is 0 Å². The van der Waals surface area contributed by atoms with E-state index in [9.17, 15) is 9.59 Å². The van der Waals surface area contributed by atoms with E-state index >= 15 is 0 Å². The Labute approximate surface area is 135 Å². The number of amides is 2. The lowest BCUT2D eigenvalue weighted by atomic mass is 10.1. The molecule has 0 bridgehead atoms. The number of hydrogen-bond donors (Lipinski definition) is 0. The molecule has 0 aliphatic heterocycles. The van der Waals surface area contributed by atoms with E-state index in [-0.39, 0.29) is 18.4 Å². The van der Waals surface area contributed by atoms with Gasteiger partial charge in [-0.1, -0.05) is 28.1 Å². The minimum absolute atomic E-state index is 0.00157. The van der Waals surface area contributed by atoms with Crippen molar-refractivity contribution in [2.75, 3.05) is 26.7 Å². The molecule has 116 valence electrons. The summed E-state index contributed by atoms with van der Waals surface area (Å²) in [5.41, 5.74) is 1.11. The number of halogens is 1. The van der Waals surface area contributed by atoms with Gasteiger partial charge >= 0.3 is 0 Å². The van der Waals surface area contributed by atoms with Crippen LogP contribution in [-0.4, -0.2) is 48.3 Å². The molecule has 0 aliphatic rings. The Morgan fingerprint density at radius 1 is 1.14 bits per heavy atom. The average molecular weight is 355 g/mol. The first-order valence-electron chi connectivity index (χ1n) is 7.24. The van der Waals surface area contributed by atoms with Crippen LogP contribution in [0.4, 0.5) is 0 Å². The molecule has 0 saturated carbocycles. The molecule has 4 nitrogen and oxygen atoms in total. The monoisotopic (exact) mass is 354 g/mol. The van der Waals surface area contributed by atoms with Crippen LogP contribution in [-0.2, 0) is 16.0 Å². The van der Waals surface area contributed by atoms with E-state index in [2.05, 4.69) is 15.9 Å². The zero-order valence-electron chi connectivity index (χ0n) is 12.9. The van der Waals surface area contributed by atoms with Crippen molar-refractivity contribution in [3.05, 3.63) is 34.3 Å². The number of carbonyl (C=O) groups is 2. The zero-order chi connectivity index (χ0) is 15.8. The fourth-order valence-corrected chi connectivity index (χ4v) is 2.55. The maximum atomic E-state index is 12.1. The van der Waals surface area contributed by atoms with Gasteiger partial charge in [0.05, 0.1) is 6.54 Å². The van der Waals surface area contributed by atoms with Gasteiger partial charge in [-0.05, 0) is 38.0 Å². The molecule has 0 radical (unpaired) electrons. The van der Waals surface area contributed by atoms with Crippen molar-refractivity contribution in [2.45, 2.75) is 26.7 Å². The normalized spacial score (nSPS) is 10.3. The smallest absolute Gasteiger partial charge is 0.242 e. The second-order valence-electron chi connectivity index (χ2n) is 4.95. The van der Waals surface area contributed by atoms with Crippen molar-refractivity contribution in [3.63, 3.8) is 0 Å². The van der Waals surface area contributed by atoms with Crippen molar-refractivity contribution >= 4 is 27.7 Å². The standard InChI is InChI=1S/C16H23BrN2O2/c1-4-19(5-2)16(21)12-18(3)15(20)10-9-13-7-6-8-14(17)11-13/h6-8,11H,4-5,9-10,12H2,1-3H3. The number of benzene rings is 1. The lowest BCUT2D eigenvalue weighted by molar-refractivity contribution is -0.139. The minimum atomic E-state index is -0.00418. The maximum Gasteiger partial charge on any atom is 0.242 e. The lowest BCUT2D eigenvalue weighted by Crippen LogP contribution is -2.41. The third kappa shape index (κ3) is 5.87. The van der Waals surface area contributed by atoms with Crippen molar-refractivity contribution < 1.29 is 9.59 Å². The molecule has 0 heterocycles. The highest BCUT2D eigenvalue weighted by Crippen LogP contribution is 2.13. The van der Waals surface area contributed by atoms with Gasteiger partial charge in [-0.25, -0.2) is 0 Å². The summed E-state index contributed by atoms with van der Waals surface area (Å²) in [4.78, 5) is 27.3. The molecule has 0 spiro atoms. The van der Waals surface area contributed by atoms with Crippen LogP contribution in [0, 0.1) is 0 Å². The van der Waals surface area contributed by atoms with Gasteiger partial charge in [-0.3, -0.25) is 9.59 Å². The summed E-state index contributed by atoms with van der Waals surface area (Å²) in [5.74, 6) is -0.00575. The number of nitrogens with zero attached hydrogens (tertiary/aromatic N) is 2. The van der Waals surface area contributed by atoms with E-state index in [4.69, 9.17) is 0 Å². The van der Waals surface area contributed by atoms with Gasteiger partial charge in [0.15, 0.2) is 0 Å². The second-order valence-corrected chi connectivity index (χ2v) is 5.86. The van der Waals surface area contributed by atoms with Crippen LogP contribution < -0.4 is 0 Å². The molecule has 5 heteroatoms. The van der Waals surface area contributed by atoms with E-state index in [1.807, 2.05) is 38.1 Å². The predicted octanol–water partition coefficient (Wildman–Crippen LogP) is 2.71. The quantitative estimate of drug-likeness (QED) is 0.755. The number of hydrogen-bond acceptors (Lipinski definition) is 2. The zero-order valence-corrected chi connectivity index (χ0v) is 14.5. The maximum absolute atomic E-state index is 12.1. The predicted molar refractivity (Wildman–Crippen MR) is 88.0 cm³/mol. The molecule has 1 rings (SSSR count). The summed E-state index contributed by atoms with van der Waals surface area (Å²) in [6.45, 7) is 5.39. The lowest BCUT2D eigenvalue weighted by Gasteiger charge is -2.23. The Morgan fingerprint density at radius 2 is 1.81 bits per heavy atom. The van der Waals surface area contributed by atoms with E-state index in [1.165, 1.54) is 4.90 Å². The second kappa shape index (κ2) is 8.82. The summed E-state index contributed by atoms with van der Waals surface area (Å²) in [7, 11) is 1.69. The van der Waals surface area contributed by atoms with Crippen LogP contribution in [0.15, 0.2) is 28.7 Å². The molecular weight excluding hydrogens is 332 g/mol. The molecule has 0 aromatic heterocycles. The third-order valence-electron chi connectivity index (χ3n) is 3.43. The highest BCUT2D eigenvalue weighted by molar-refractivity contribution is 9.10. The number of aryl methyl sites for hydroxylation is 1. The van der Waals surface area contributed by atoms with Crippen molar-refractivity contribution in [1.29, 1.82) is 0 Å². The molecule has 1 aromatic carbocycles. The van der Waals surface area contributed by atoms with Gasteiger partial charge in [0, 0.05) is 31.0 Å². The molecule has 1 aromatic rings. The van der Waals surface area contributed by atoms with Crippen LogP contribution in [0.2, 0.25) is 0 Å². The fraction of sp³-hybridized carbons (Fsp3) is 0.500. The van der Waals surface area contributed by atoms with E-state index in [0.717, 1.165) is 10.0 Å². The highest BCUT2D eigenvalue weighted by Gasteiger charge is 2.16. The molecule has 0 N–H and O–H groups in total. The Balaban J connectivity index is 2.46. The van der Waals surface area contributed by atoms with Gasteiger partial charge in [-0.15, -0.1) is 0 Å². The molecule has 0 atom stereocenters. The van der Waals surface area contributed by atoms with Crippen LogP contribution in [0.5, 0.6) is 0 Å². The van der Waals surface area contributed by atoms with Gasteiger partial charge < -0.3 is 9.80 Å². The molecular formula is C16H23BrN2O2. The van der Waals surface area contributed by atoms with E-state index < -0.39 is 0 Å². The van der Waals surface area contributed by atoms with Gasteiger partial charge in [0.1, 0.15) is 0 Å². The van der Waals surface area contributed by atoms with Crippen LogP contribution in [0.25, 0.3) is 0 Å². The third-order valence-corrected chi connectivity index (χ3v) is 3.92. The SMILES string of the molecule is CCN(CC)C(=O)CN(C)C(=O)CCc1cccc(Br)c1. The van der Waals surface area contributed by atoms with E-state index in [1.54, 1.807) is 11.9 Å². The number of rotatable bonds is 7. The first-order valence-corrected chi connectivity index (χ1v) is 8.03. The van der Waals surface area contributed by atoms with Gasteiger partial charge in [0.2, 0.25) is 11.8 Å². The van der Waals surface area contributed by atoms with Crippen LogP contribution in [0.1, 0.15) is 25.8 Å². The van der Waals surface area contributed by atoms with Crippen LogP contribution in [0.3, 0.4) is 0 Å².